The van der Waals surface area contributed by atoms with Crippen LogP contribution in [0, 0.1) is 0 Å². The molecule has 1 atom stereocenters. The Balaban J connectivity index is 1.98. The van der Waals surface area contributed by atoms with E-state index in [0.29, 0.717) is 11.3 Å². The zero-order valence-corrected chi connectivity index (χ0v) is 9.40. The van der Waals surface area contributed by atoms with E-state index < -0.39 is 5.91 Å². The fourth-order valence-electron chi connectivity index (χ4n) is 1.86. The first kappa shape index (κ1) is 11.6. The van der Waals surface area contributed by atoms with Gasteiger partial charge in [0.15, 0.2) is 0 Å². The summed E-state index contributed by atoms with van der Waals surface area (Å²) in [7, 11) is 0. The van der Waals surface area contributed by atoms with Crippen LogP contribution in [0.5, 0.6) is 0 Å². The van der Waals surface area contributed by atoms with Crippen molar-refractivity contribution in [2.24, 2.45) is 5.73 Å². The molecule has 0 bridgehead atoms. The average Bonchev–Trinajstić information content (AvgIpc) is 2.83. The molecule has 0 radical (unpaired) electrons. The van der Waals surface area contributed by atoms with Crippen LogP contribution >= 0.6 is 0 Å². The third-order valence-corrected chi connectivity index (χ3v) is 2.81. The summed E-state index contributed by atoms with van der Waals surface area (Å²) in [6.45, 7) is 0.888. The van der Waals surface area contributed by atoms with Crippen molar-refractivity contribution in [3.05, 3.63) is 29.8 Å². The van der Waals surface area contributed by atoms with Crippen molar-refractivity contribution in [3.63, 3.8) is 0 Å². The van der Waals surface area contributed by atoms with E-state index in [-0.39, 0.29) is 11.9 Å². The fraction of sp³-hybridized carbons (Fsp3) is 0.333. The topological polar surface area (TPSA) is 84.2 Å². The SMILES string of the molecule is NC(=O)c1ccc(NC(=O)[C@@H]2CCCN2)cc1. The normalized spacial score (nSPS) is 18.9. The zero-order valence-electron chi connectivity index (χ0n) is 9.40. The summed E-state index contributed by atoms with van der Waals surface area (Å²) < 4.78 is 0. The van der Waals surface area contributed by atoms with Crippen molar-refractivity contribution in [1.82, 2.24) is 5.32 Å². The highest BCUT2D eigenvalue weighted by Crippen LogP contribution is 2.12. The monoisotopic (exact) mass is 233 g/mol. The summed E-state index contributed by atoms with van der Waals surface area (Å²) in [5.74, 6) is -0.505. The molecule has 5 heteroatoms. The van der Waals surface area contributed by atoms with Crippen LogP contribution in [-0.4, -0.2) is 24.4 Å². The lowest BCUT2D eigenvalue weighted by molar-refractivity contribution is -0.117. The van der Waals surface area contributed by atoms with E-state index in [1.165, 1.54) is 0 Å². The van der Waals surface area contributed by atoms with E-state index in [1.807, 2.05) is 0 Å². The summed E-state index contributed by atoms with van der Waals surface area (Å²) in [6.07, 6.45) is 1.89. The molecule has 1 aliphatic heterocycles. The van der Waals surface area contributed by atoms with Crippen molar-refractivity contribution >= 4 is 17.5 Å². The number of nitrogens with one attached hydrogen (secondary N) is 2. The molecule has 1 saturated heterocycles. The number of carbonyl (C=O) groups is 2. The van der Waals surface area contributed by atoms with E-state index in [9.17, 15) is 9.59 Å². The highest BCUT2D eigenvalue weighted by molar-refractivity contribution is 5.96. The van der Waals surface area contributed by atoms with Gasteiger partial charge >= 0.3 is 0 Å². The maximum absolute atomic E-state index is 11.8. The molecule has 90 valence electrons. The molecule has 0 spiro atoms. The van der Waals surface area contributed by atoms with E-state index in [4.69, 9.17) is 5.73 Å². The number of primary amides is 1. The lowest BCUT2D eigenvalue weighted by Crippen LogP contribution is -2.35. The molecule has 0 saturated carbocycles. The van der Waals surface area contributed by atoms with Gasteiger partial charge in [-0.25, -0.2) is 0 Å². The van der Waals surface area contributed by atoms with Crippen LogP contribution in [0.3, 0.4) is 0 Å². The number of hydrogen-bond acceptors (Lipinski definition) is 3. The third kappa shape index (κ3) is 2.82. The molecule has 0 unspecified atom stereocenters. The summed E-state index contributed by atoms with van der Waals surface area (Å²) in [5, 5.41) is 5.92. The van der Waals surface area contributed by atoms with Gasteiger partial charge in [-0.3, -0.25) is 9.59 Å². The van der Waals surface area contributed by atoms with Gasteiger partial charge in [-0.15, -0.1) is 0 Å². The van der Waals surface area contributed by atoms with Crippen LogP contribution < -0.4 is 16.4 Å². The van der Waals surface area contributed by atoms with Crippen LogP contribution in [0.15, 0.2) is 24.3 Å². The van der Waals surface area contributed by atoms with Crippen molar-refractivity contribution in [2.45, 2.75) is 18.9 Å². The summed E-state index contributed by atoms with van der Waals surface area (Å²) >= 11 is 0. The van der Waals surface area contributed by atoms with Crippen molar-refractivity contribution < 1.29 is 9.59 Å². The number of amides is 2. The first-order chi connectivity index (χ1) is 8.16. The molecule has 5 nitrogen and oxygen atoms in total. The Labute approximate surface area is 99.4 Å². The van der Waals surface area contributed by atoms with Crippen molar-refractivity contribution in [1.29, 1.82) is 0 Å². The molecule has 1 aromatic carbocycles. The minimum absolute atomic E-state index is 0.0330. The first-order valence-electron chi connectivity index (χ1n) is 5.61. The lowest BCUT2D eigenvalue weighted by Gasteiger charge is -2.11. The zero-order chi connectivity index (χ0) is 12.3. The Morgan fingerprint density at radius 1 is 1.29 bits per heavy atom. The predicted molar refractivity (Wildman–Crippen MR) is 64.6 cm³/mol. The number of anilines is 1. The largest absolute Gasteiger partial charge is 0.366 e. The molecule has 17 heavy (non-hydrogen) atoms. The summed E-state index contributed by atoms with van der Waals surface area (Å²) in [6, 6.07) is 6.44. The van der Waals surface area contributed by atoms with E-state index in [1.54, 1.807) is 24.3 Å². The maximum Gasteiger partial charge on any atom is 0.248 e. The molecule has 1 aliphatic rings. The second kappa shape index (κ2) is 4.97. The number of nitrogens with two attached hydrogens (primary N) is 1. The highest BCUT2D eigenvalue weighted by Gasteiger charge is 2.21. The summed E-state index contributed by atoms with van der Waals surface area (Å²) in [5.41, 5.74) is 6.24. The Morgan fingerprint density at radius 2 is 2.00 bits per heavy atom. The molecule has 2 amide bonds. The van der Waals surface area contributed by atoms with E-state index in [0.717, 1.165) is 19.4 Å². The predicted octanol–water partition coefficient (Wildman–Crippen LogP) is 0.476. The Kier molecular flexibility index (Phi) is 3.39. The quantitative estimate of drug-likeness (QED) is 0.709. The molecule has 0 aliphatic carbocycles. The molecular formula is C12H15N3O2. The second-order valence-electron chi connectivity index (χ2n) is 4.08. The number of rotatable bonds is 3. The van der Waals surface area contributed by atoms with Gasteiger partial charge in [0.2, 0.25) is 11.8 Å². The number of benzene rings is 1. The van der Waals surface area contributed by atoms with Crippen LogP contribution in [-0.2, 0) is 4.79 Å². The fourth-order valence-corrected chi connectivity index (χ4v) is 1.86. The molecule has 2 rings (SSSR count). The Hall–Kier alpha value is -1.88. The molecular weight excluding hydrogens is 218 g/mol. The average molecular weight is 233 g/mol. The Morgan fingerprint density at radius 3 is 2.53 bits per heavy atom. The van der Waals surface area contributed by atoms with Crippen LogP contribution in [0.1, 0.15) is 23.2 Å². The first-order valence-corrected chi connectivity index (χ1v) is 5.61. The van der Waals surface area contributed by atoms with Gasteiger partial charge < -0.3 is 16.4 Å². The van der Waals surface area contributed by atoms with Crippen LogP contribution in [0.4, 0.5) is 5.69 Å². The Bertz CT molecular complexity index is 422. The molecule has 1 aromatic rings. The van der Waals surface area contributed by atoms with Gasteiger partial charge in [-0.2, -0.15) is 0 Å². The van der Waals surface area contributed by atoms with Crippen molar-refractivity contribution in [2.75, 3.05) is 11.9 Å². The second-order valence-corrected chi connectivity index (χ2v) is 4.08. The van der Waals surface area contributed by atoms with Crippen molar-refractivity contribution in [3.8, 4) is 0 Å². The molecule has 4 N–H and O–H groups in total. The van der Waals surface area contributed by atoms with Gasteiger partial charge in [0, 0.05) is 11.3 Å². The minimum atomic E-state index is -0.472. The van der Waals surface area contributed by atoms with Crippen LogP contribution in [0.2, 0.25) is 0 Å². The van der Waals surface area contributed by atoms with Gasteiger partial charge in [0.25, 0.3) is 0 Å². The molecule has 1 fully saturated rings. The van der Waals surface area contributed by atoms with Gasteiger partial charge in [0.1, 0.15) is 0 Å². The maximum atomic E-state index is 11.8. The lowest BCUT2D eigenvalue weighted by atomic mass is 10.2. The minimum Gasteiger partial charge on any atom is -0.366 e. The molecule has 1 heterocycles. The summed E-state index contributed by atoms with van der Waals surface area (Å²) in [4.78, 5) is 22.6. The third-order valence-electron chi connectivity index (χ3n) is 2.81. The van der Waals surface area contributed by atoms with Crippen LogP contribution in [0.25, 0.3) is 0 Å². The number of carbonyl (C=O) groups excluding carboxylic acids is 2. The number of hydrogen-bond donors (Lipinski definition) is 3. The van der Waals surface area contributed by atoms with Gasteiger partial charge in [0.05, 0.1) is 6.04 Å². The van der Waals surface area contributed by atoms with Gasteiger partial charge in [-0.05, 0) is 43.7 Å². The standard InChI is InChI=1S/C12H15N3O2/c13-11(16)8-3-5-9(6-4-8)15-12(17)10-2-1-7-14-10/h3-6,10,14H,1-2,7H2,(H2,13,16)(H,15,17)/t10-/m0/s1. The van der Waals surface area contributed by atoms with Gasteiger partial charge in [-0.1, -0.05) is 0 Å². The highest BCUT2D eigenvalue weighted by atomic mass is 16.2. The smallest absolute Gasteiger partial charge is 0.248 e. The van der Waals surface area contributed by atoms with E-state index >= 15 is 0 Å². The van der Waals surface area contributed by atoms with E-state index in [2.05, 4.69) is 10.6 Å². The molecule has 0 aromatic heterocycles.